The molecule has 0 aromatic rings. The first-order valence-corrected chi connectivity index (χ1v) is 7.43. The van der Waals surface area contributed by atoms with Crippen LogP contribution in [0.15, 0.2) is 24.9 Å². The fourth-order valence-electron chi connectivity index (χ4n) is 3.55. The molecule has 0 aromatic heterocycles. The van der Waals surface area contributed by atoms with E-state index in [0.717, 1.165) is 12.3 Å². The van der Waals surface area contributed by atoms with Crippen molar-refractivity contribution in [1.82, 2.24) is 4.90 Å². The van der Waals surface area contributed by atoms with Gasteiger partial charge in [-0.25, -0.2) is 0 Å². The van der Waals surface area contributed by atoms with Crippen molar-refractivity contribution in [3.63, 3.8) is 0 Å². The SMILES string of the molecule is C=CCC1CCN(C(=C)CC(C)(C)C)C2(CC2)C1. The molecule has 0 aromatic carbocycles. The molecular formula is C17H29N. The maximum absolute atomic E-state index is 4.38. The van der Waals surface area contributed by atoms with Gasteiger partial charge in [0.25, 0.3) is 0 Å². The molecule has 1 aliphatic heterocycles. The van der Waals surface area contributed by atoms with Crippen molar-refractivity contribution in [1.29, 1.82) is 0 Å². The number of piperidine rings is 1. The minimum atomic E-state index is 0.352. The highest BCUT2D eigenvalue weighted by atomic mass is 15.2. The first kappa shape index (κ1) is 13.7. The van der Waals surface area contributed by atoms with Crippen LogP contribution in [0, 0.1) is 11.3 Å². The Kier molecular flexibility index (Phi) is 3.62. The van der Waals surface area contributed by atoms with E-state index in [-0.39, 0.29) is 0 Å². The average Bonchev–Trinajstić information content (AvgIpc) is 2.96. The summed E-state index contributed by atoms with van der Waals surface area (Å²) in [5, 5.41) is 0. The first-order chi connectivity index (χ1) is 8.36. The number of rotatable bonds is 4. The molecule has 1 heterocycles. The van der Waals surface area contributed by atoms with Gasteiger partial charge in [0.1, 0.15) is 0 Å². The molecule has 1 unspecified atom stereocenters. The number of hydrogen-bond donors (Lipinski definition) is 0. The lowest BCUT2D eigenvalue weighted by molar-refractivity contribution is 0.120. The second kappa shape index (κ2) is 4.75. The van der Waals surface area contributed by atoms with Crippen LogP contribution in [0.3, 0.4) is 0 Å². The molecular weight excluding hydrogens is 218 g/mol. The molecule has 1 saturated carbocycles. The summed E-state index contributed by atoms with van der Waals surface area (Å²) in [6.07, 6.45) is 9.86. The number of likely N-dealkylation sites (tertiary alicyclic amines) is 1. The van der Waals surface area contributed by atoms with Crippen LogP contribution < -0.4 is 0 Å². The first-order valence-electron chi connectivity index (χ1n) is 7.43. The van der Waals surface area contributed by atoms with E-state index in [0.29, 0.717) is 11.0 Å². The second-order valence-corrected chi connectivity index (χ2v) is 7.56. The van der Waals surface area contributed by atoms with Crippen molar-refractivity contribution >= 4 is 0 Å². The van der Waals surface area contributed by atoms with Gasteiger partial charge in [-0.15, -0.1) is 6.58 Å². The van der Waals surface area contributed by atoms with Gasteiger partial charge in [-0.2, -0.15) is 0 Å². The van der Waals surface area contributed by atoms with E-state index in [9.17, 15) is 0 Å². The minimum Gasteiger partial charge on any atom is -0.370 e. The molecule has 0 N–H and O–H groups in total. The maximum Gasteiger partial charge on any atom is 0.0403 e. The Morgan fingerprint density at radius 3 is 2.56 bits per heavy atom. The quantitative estimate of drug-likeness (QED) is 0.648. The topological polar surface area (TPSA) is 3.24 Å². The fourth-order valence-corrected chi connectivity index (χ4v) is 3.55. The summed E-state index contributed by atoms with van der Waals surface area (Å²) in [6, 6.07) is 0. The summed E-state index contributed by atoms with van der Waals surface area (Å²) in [6.45, 7) is 16.4. The van der Waals surface area contributed by atoms with Crippen molar-refractivity contribution in [2.45, 2.75) is 64.8 Å². The van der Waals surface area contributed by atoms with E-state index >= 15 is 0 Å². The van der Waals surface area contributed by atoms with Crippen LogP contribution in [0.5, 0.6) is 0 Å². The Morgan fingerprint density at radius 2 is 2.06 bits per heavy atom. The molecule has 2 fully saturated rings. The molecule has 2 rings (SSSR count). The lowest BCUT2D eigenvalue weighted by Crippen LogP contribution is -2.44. The molecule has 0 amide bonds. The normalized spacial score (nSPS) is 26.2. The molecule has 1 saturated heterocycles. The van der Waals surface area contributed by atoms with E-state index < -0.39 is 0 Å². The third-order valence-electron chi connectivity index (χ3n) is 4.45. The van der Waals surface area contributed by atoms with Crippen molar-refractivity contribution in [2.75, 3.05) is 6.54 Å². The molecule has 18 heavy (non-hydrogen) atoms. The van der Waals surface area contributed by atoms with Crippen LogP contribution in [0.2, 0.25) is 0 Å². The maximum atomic E-state index is 4.38. The van der Waals surface area contributed by atoms with Gasteiger partial charge >= 0.3 is 0 Å². The van der Waals surface area contributed by atoms with Crippen LogP contribution in [-0.4, -0.2) is 17.0 Å². The third-order valence-corrected chi connectivity index (χ3v) is 4.45. The van der Waals surface area contributed by atoms with Crippen LogP contribution in [0.25, 0.3) is 0 Å². The van der Waals surface area contributed by atoms with E-state index in [4.69, 9.17) is 0 Å². The van der Waals surface area contributed by atoms with Crippen molar-refractivity contribution in [2.24, 2.45) is 11.3 Å². The van der Waals surface area contributed by atoms with E-state index in [1.54, 1.807) is 0 Å². The Bertz CT molecular complexity index is 330. The molecule has 1 heteroatoms. The van der Waals surface area contributed by atoms with Crippen LogP contribution in [0.1, 0.15) is 59.3 Å². The largest absolute Gasteiger partial charge is 0.370 e. The standard InChI is InChI=1S/C17H29N/c1-6-7-15-8-11-18(17(13-15)9-10-17)14(2)12-16(3,4)5/h6,15H,1-2,7-13H2,3-5H3. The van der Waals surface area contributed by atoms with E-state index in [1.165, 1.54) is 44.3 Å². The van der Waals surface area contributed by atoms with Crippen molar-refractivity contribution in [3.05, 3.63) is 24.9 Å². The lowest BCUT2D eigenvalue weighted by atomic mass is 9.84. The molecule has 1 atom stereocenters. The summed E-state index contributed by atoms with van der Waals surface area (Å²) >= 11 is 0. The van der Waals surface area contributed by atoms with Gasteiger partial charge in [0, 0.05) is 17.8 Å². The van der Waals surface area contributed by atoms with Crippen LogP contribution in [0.4, 0.5) is 0 Å². The van der Waals surface area contributed by atoms with Crippen LogP contribution >= 0.6 is 0 Å². The van der Waals surface area contributed by atoms with Crippen molar-refractivity contribution < 1.29 is 0 Å². The predicted octanol–water partition coefficient (Wildman–Crippen LogP) is 4.76. The lowest BCUT2D eigenvalue weighted by Gasteiger charge is -2.44. The molecule has 1 aliphatic carbocycles. The average molecular weight is 247 g/mol. The number of allylic oxidation sites excluding steroid dienone is 2. The van der Waals surface area contributed by atoms with Gasteiger partial charge in [-0.05, 0) is 49.9 Å². The molecule has 1 spiro atoms. The molecule has 0 radical (unpaired) electrons. The van der Waals surface area contributed by atoms with Gasteiger partial charge < -0.3 is 4.90 Å². The summed E-state index contributed by atoms with van der Waals surface area (Å²) in [7, 11) is 0. The zero-order valence-corrected chi connectivity index (χ0v) is 12.5. The fraction of sp³-hybridized carbons (Fsp3) is 0.765. The second-order valence-electron chi connectivity index (χ2n) is 7.56. The summed E-state index contributed by atoms with van der Waals surface area (Å²) in [5.74, 6) is 0.865. The van der Waals surface area contributed by atoms with Crippen molar-refractivity contribution in [3.8, 4) is 0 Å². The van der Waals surface area contributed by atoms with E-state index in [2.05, 4.69) is 44.9 Å². The smallest absolute Gasteiger partial charge is 0.0403 e. The highest BCUT2D eigenvalue weighted by molar-refractivity contribution is 5.15. The molecule has 0 bridgehead atoms. The molecule has 2 aliphatic rings. The number of hydrogen-bond acceptors (Lipinski definition) is 1. The number of nitrogens with zero attached hydrogens (tertiary/aromatic N) is 1. The van der Waals surface area contributed by atoms with Gasteiger partial charge in [-0.1, -0.05) is 33.4 Å². The highest BCUT2D eigenvalue weighted by Crippen LogP contribution is 2.52. The molecule has 102 valence electrons. The highest BCUT2D eigenvalue weighted by Gasteiger charge is 2.51. The predicted molar refractivity (Wildman–Crippen MR) is 79.4 cm³/mol. The zero-order valence-electron chi connectivity index (χ0n) is 12.5. The minimum absolute atomic E-state index is 0.352. The summed E-state index contributed by atoms with van der Waals surface area (Å²) in [5.41, 5.74) is 2.22. The summed E-state index contributed by atoms with van der Waals surface area (Å²) < 4.78 is 0. The Labute approximate surface area is 113 Å². The van der Waals surface area contributed by atoms with E-state index in [1.807, 2.05) is 0 Å². The third kappa shape index (κ3) is 2.99. The Morgan fingerprint density at radius 1 is 1.39 bits per heavy atom. The van der Waals surface area contributed by atoms with Gasteiger partial charge in [-0.3, -0.25) is 0 Å². The van der Waals surface area contributed by atoms with Gasteiger partial charge in [0.15, 0.2) is 0 Å². The van der Waals surface area contributed by atoms with Gasteiger partial charge in [0.05, 0.1) is 0 Å². The van der Waals surface area contributed by atoms with Crippen LogP contribution in [-0.2, 0) is 0 Å². The van der Waals surface area contributed by atoms with Gasteiger partial charge in [0.2, 0.25) is 0 Å². The summed E-state index contributed by atoms with van der Waals surface area (Å²) in [4.78, 5) is 2.65. The Balaban J connectivity index is 1.99. The zero-order chi connectivity index (χ0) is 13.4. The Hall–Kier alpha value is -0.720. The monoisotopic (exact) mass is 247 g/mol. The molecule has 1 nitrogen and oxygen atoms in total.